The molecule has 0 atom stereocenters. The van der Waals surface area contributed by atoms with E-state index < -0.39 is 0 Å². The lowest BCUT2D eigenvalue weighted by Crippen LogP contribution is -2.19. The zero-order chi connectivity index (χ0) is 34.6. The van der Waals surface area contributed by atoms with Crippen LogP contribution in [-0.4, -0.2) is 19.5 Å². The standard InChI is InChI=1S/C48H34N4/c1-48(2)39-23-13-11-21-35(39)41-37-27-33-25-31-19-9-10-20-32(31)26-34(33)28-38(37)42-36-22-12-14-24-40(36)52(44(42)43(41)48)47-50-45(29-15-5-3-6-16-29)49-46(51-47)30-17-7-4-8-18-30/h3-26H,27-28H2,1-2H3. The third kappa shape index (κ3) is 4.12. The Bertz CT molecular complexity index is 2860. The van der Waals surface area contributed by atoms with Crippen molar-refractivity contribution in [3.63, 3.8) is 0 Å². The Morgan fingerprint density at radius 3 is 1.79 bits per heavy atom. The molecule has 9 aromatic rings. The van der Waals surface area contributed by atoms with Gasteiger partial charge in [0.05, 0.1) is 11.0 Å². The molecule has 52 heavy (non-hydrogen) atoms. The molecular weight excluding hydrogens is 633 g/mol. The topological polar surface area (TPSA) is 43.6 Å². The molecule has 4 heteroatoms. The monoisotopic (exact) mass is 666 g/mol. The van der Waals surface area contributed by atoms with Crippen LogP contribution in [0.4, 0.5) is 0 Å². The van der Waals surface area contributed by atoms with Crippen molar-refractivity contribution in [2.45, 2.75) is 32.1 Å². The average Bonchev–Trinajstić information content (AvgIpc) is 3.66. The molecule has 0 amide bonds. The molecular formula is C48H34N4. The minimum Gasteiger partial charge on any atom is -0.277 e. The number of para-hydroxylation sites is 1. The van der Waals surface area contributed by atoms with Crippen LogP contribution < -0.4 is 0 Å². The number of benzene rings is 7. The minimum atomic E-state index is -0.257. The van der Waals surface area contributed by atoms with Crippen LogP contribution in [-0.2, 0) is 18.3 Å². The van der Waals surface area contributed by atoms with E-state index in [1.807, 2.05) is 36.4 Å². The van der Waals surface area contributed by atoms with Gasteiger partial charge >= 0.3 is 0 Å². The maximum atomic E-state index is 5.32. The fourth-order valence-electron chi connectivity index (χ4n) is 9.18. The predicted octanol–water partition coefficient (Wildman–Crippen LogP) is 11.3. The summed E-state index contributed by atoms with van der Waals surface area (Å²) in [5, 5.41) is 5.14. The zero-order valence-electron chi connectivity index (χ0n) is 29.1. The van der Waals surface area contributed by atoms with Crippen molar-refractivity contribution in [1.29, 1.82) is 0 Å². The van der Waals surface area contributed by atoms with E-state index in [-0.39, 0.29) is 5.41 Å². The molecule has 2 aliphatic carbocycles. The largest absolute Gasteiger partial charge is 0.277 e. The van der Waals surface area contributed by atoms with Crippen LogP contribution >= 0.6 is 0 Å². The number of aromatic nitrogens is 4. The highest BCUT2D eigenvalue weighted by molar-refractivity contribution is 6.16. The fourth-order valence-corrected chi connectivity index (χ4v) is 9.18. The second-order valence-electron chi connectivity index (χ2n) is 14.8. The molecule has 2 heterocycles. The first kappa shape index (κ1) is 29.4. The van der Waals surface area contributed by atoms with E-state index in [9.17, 15) is 0 Å². The van der Waals surface area contributed by atoms with Crippen LogP contribution in [0.3, 0.4) is 0 Å². The normalized spacial score (nSPS) is 14.0. The van der Waals surface area contributed by atoms with Crippen molar-refractivity contribution in [3.8, 4) is 39.9 Å². The van der Waals surface area contributed by atoms with Crippen molar-refractivity contribution in [2.75, 3.05) is 0 Å². The molecule has 0 saturated heterocycles. The summed E-state index contributed by atoms with van der Waals surface area (Å²) in [5.41, 5.74) is 15.1. The molecule has 0 bridgehead atoms. The Labute approximate surface area is 302 Å². The SMILES string of the molecule is CC1(C)c2ccccc2-c2c3c(c4c5ccccc5n(-c5nc(-c6ccccc6)nc(-c6ccccc6)n5)c4c21)Cc1cc2ccccc2cc1C3. The summed E-state index contributed by atoms with van der Waals surface area (Å²) < 4.78 is 2.36. The number of nitrogens with zero attached hydrogens (tertiary/aromatic N) is 4. The van der Waals surface area contributed by atoms with Crippen LogP contribution in [0.5, 0.6) is 0 Å². The maximum Gasteiger partial charge on any atom is 0.238 e. The van der Waals surface area contributed by atoms with Crippen molar-refractivity contribution in [3.05, 3.63) is 179 Å². The van der Waals surface area contributed by atoms with Crippen molar-refractivity contribution >= 4 is 32.6 Å². The van der Waals surface area contributed by atoms with Gasteiger partial charge in [0.2, 0.25) is 5.95 Å². The number of fused-ring (bicyclic) bond motifs is 12. The van der Waals surface area contributed by atoms with Crippen LogP contribution in [0.25, 0.3) is 72.4 Å². The van der Waals surface area contributed by atoms with E-state index in [0.717, 1.165) is 29.5 Å². The average molecular weight is 667 g/mol. The first-order chi connectivity index (χ1) is 25.5. The third-order valence-electron chi connectivity index (χ3n) is 11.5. The van der Waals surface area contributed by atoms with Gasteiger partial charge in [-0.1, -0.05) is 153 Å². The molecule has 246 valence electrons. The summed E-state index contributed by atoms with van der Waals surface area (Å²) in [6.07, 6.45) is 1.78. The number of hydrogen-bond donors (Lipinski definition) is 0. The molecule has 0 saturated carbocycles. The number of rotatable bonds is 3. The van der Waals surface area contributed by atoms with Crippen LogP contribution in [0.2, 0.25) is 0 Å². The predicted molar refractivity (Wildman–Crippen MR) is 212 cm³/mol. The first-order valence-corrected chi connectivity index (χ1v) is 18.1. The summed E-state index contributed by atoms with van der Waals surface area (Å²) in [4.78, 5) is 15.7. The van der Waals surface area contributed by atoms with Gasteiger partial charge in [0.15, 0.2) is 11.6 Å². The van der Waals surface area contributed by atoms with E-state index >= 15 is 0 Å². The Hall–Kier alpha value is -6.39. The van der Waals surface area contributed by atoms with Gasteiger partial charge < -0.3 is 0 Å². The molecule has 2 aliphatic rings. The van der Waals surface area contributed by atoms with Crippen molar-refractivity contribution < 1.29 is 0 Å². The smallest absolute Gasteiger partial charge is 0.238 e. The molecule has 0 aliphatic heterocycles. The van der Waals surface area contributed by atoms with Crippen LogP contribution in [0.1, 0.15) is 47.2 Å². The summed E-state index contributed by atoms with van der Waals surface area (Å²) in [6, 6.07) is 52.1. The third-order valence-corrected chi connectivity index (χ3v) is 11.5. The van der Waals surface area contributed by atoms with Crippen molar-refractivity contribution in [2.24, 2.45) is 0 Å². The molecule has 7 aromatic carbocycles. The van der Waals surface area contributed by atoms with Crippen molar-refractivity contribution in [1.82, 2.24) is 19.5 Å². The highest BCUT2D eigenvalue weighted by Crippen LogP contribution is 2.57. The lowest BCUT2D eigenvalue weighted by atomic mass is 9.76. The quantitative estimate of drug-likeness (QED) is 0.188. The molecule has 0 fully saturated rings. The molecule has 0 spiro atoms. The van der Waals surface area contributed by atoms with Crippen LogP contribution in [0, 0.1) is 0 Å². The summed E-state index contributed by atoms with van der Waals surface area (Å²) in [6.45, 7) is 4.79. The van der Waals surface area contributed by atoms with E-state index in [1.54, 1.807) is 0 Å². The highest BCUT2D eigenvalue weighted by atomic mass is 15.2. The van der Waals surface area contributed by atoms with Gasteiger partial charge in [-0.15, -0.1) is 0 Å². The van der Waals surface area contributed by atoms with E-state index in [1.165, 1.54) is 71.6 Å². The van der Waals surface area contributed by atoms with E-state index in [0.29, 0.717) is 17.6 Å². The lowest BCUT2D eigenvalue weighted by molar-refractivity contribution is 0.662. The minimum absolute atomic E-state index is 0.257. The second kappa shape index (κ2) is 10.8. The van der Waals surface area contributed by atoms with Gasteiger partial charge in [0.25, 0.3) is 0 Å². The molecule has 2 aromatic heterocycles. The summed E-state index contributed by atoms with van der Waals surface area (Å²) in [7, 11) is 0. The first-order valence-electron chi connectivity index (χ1n) is 18.1. The molecule has 0 unspecified atom stereocenters. The molecule has 0 N–H and O–H groups in total. The van der Waals surface area contributed by atoms with Gasteiger partial charge in [0.1, 0.15) is 0 Å². The highest BCUT2D eigenvalue weighted by Gasteiger charge is 2.42. The van der Waals surface area contributed by atoms with E-state index in [4.69, 9.17) is 15.0 Å². The fraction of sp³-hybridized carbons (Fsp3) is 0.104. The Morgan fingerprint density at radius 1 is 0.558 bits per heavy atom. The van der Waals surface area contributed by atoms with E-state index in [2.05, 4.69) is 128 Å². The summed E-state index contributed by atoms with van der Waals surface area (Å²) in [5.74, 6) is 1.96. The van der Waals surface area contributed by atoms with Crippen LogP contribution in [0.15, 0.2) is 146 Å². The number of hydrogen-bond acceptors (Lipinski definition) is 3. The maximum absolute atomic E-state index is 5.32. The zero-order valence-corrected chi connectivity index (χ0v) is 29.1. The Kier molecular flexibility index (Phi) is 6.10. The molecule has 0 radical (unpaired) electrons. The second-order valence-corrected chi connectivity index (χ2v) is 14.8. The van der Waals surface area contributed by atoms with Gasteiger partial charge in [-0.2, -0.15) is 9.97 Å². The Morgan fingerprint density at radius 2 is 1.12 bits per heavy atom. The van der Waals surface area contributed by atoms with Gasteiger partial charge in [-0.3, -0.25) is 4.57 Å². The molecule has 11 rings (SSSR count). The Balaban J connectivity index is 1.29. The molecule has 4 nitrogen and oxygen atoms in total. The van der Waals surface area contributed by atoms with Gasteiger partial charge in [-0.05, 0) is 74.2 Å². The summed E-state index contributed by atoms with van der Waals surface area (Å²) >= 11 is 0. The lowest BCUT2D eigenvalue weighted by Gasteiger charge is -2.28. The van der Waals surface area contributed by atoms with Gasteiger partial charge in [-0.25, -0.2) is 4.98 Å². The van der Waals surface area contributed by atoms with Gasteiger partial charge in [0, 0.05) is 27.3 Å².